The van der Waals surface area contributed by atoms with Gasteiger partial charge in [-0.25, -0.2) is 0 Å². The van der Waals surface area contributed by atoms with E-state index in [2.05, 4.69) is 0 Å². The molecule has 1 amide bonds. The number of hydrogen-bond donors (Lipinski definition) is 1. The van der Waals surface area contributed by atoms with E-state index in [0.717, 1.165) is 30.7 Å². The van der Waals surface area contributed by atoms with Crippen LogP contribution in [-0.2, 0) is 22.6 Å². The second kappa shape index (κ2) is 7.29. The van der Waals surface area contributed by atoms with Crippen molar-refractivity contribution in [3.05, 3.63) is 29.3 Å². The Labute approximate surface area is 130 Å². The molecule has 0 saturated carbocycles. The number of methoxy groups -OCH3 is 1. The number of rotatable bonds is 5. The van der Waals surface area contributed by atoms with Gasteiger partial charge in [-0.15, -0.1) is 0 Å². The molecule has 0 aromatic heterocycles. The predicted octanol–water partition coefficient (Wildman–Crippen LogP) is 2.47. The van der Waals surface area contributed by atoms with Crippen LogP contribution in [0.25, 0.3) is 0 Å². The molecule has 1 heterocycles. The van der Waals surface area contributed by atoms with Crippen LogP contribution in [0.15, 0.2) is 18.2 Å². The summed E-state index contributed by atoms with van der Waals surface area (Å²) in [4.78, 5) is 24.9. The average molecular weight is 305 g/mol. The van der Waals surface area contributed by atoms with Gasteiger partial charge < -0.3 is 14.7 Å². The molecular formula is C17H23NO4. The van der Waals surface area contributed by atoms with Crippen LogP contribution in [0.2, 0.25) is 0 Å². The molecule has 0 radical (unpaired) electrons. The highest BCUT2D eigenvalue weighted by atomic mass is 16.5. The molecule has 0 spiro atoms. The first-order valence-electron chi connectivity index (χ1n) is 7.65. The van der Waals surface area contributed by atoms with Crippen molar-refractivity contribution in [2.75, 3.05) is 13.7 Å². The van der Waals surface area contributed by atoms with Crippen molar-refractivity contribution < 1.29 is 19.4 Å². The number of aryl methyl sites for hydroxylation is 1. The highest BCUT2D eigenvalue weighted by Gasteiger charge is 2.21. The second-order valence-electron chi connectivity index (χ2n) is 5.96. The Morgan fingerprint density at radius 2 is 2.09 bits per heavy atom. The number of amides is 1. The lowest BCUT2D eigenvalue weighted by Gasteiger charge is -2.22. The summed E-state index contributed by atoms with van der Waals surface area (Å²) < 4.78 is 5.25. The molecule has 22 heavy (non-hydrogen) atoms. The third-order valence-corrected chi connectivity index (χ3v) is 4.05. The number of hydrogen-bond acceptors (Lipinski definition) is 3. The Bertz CT molecular complexity index is 556. The summed E-state index contributed by atoms with van der Waals surface area (Å²) in [6, 6.07) is 5.97. The van der Waals surface area contributed by atoms with Crippen LogP contribution in [0.3, 0.4) is 0 Å². The fourth-order valence-corrected chi connectivity index (χ4v) is 2.87. The Kier molecular flexibility index (Phi) is 5.41. The number of fused-ring (bicyclic) bond motifs is 1. The number of benzene rings is 1. The van der Waals surface area contributed by atoms with Gasteiger partial charge in [0.1, 0.15) is 5.75 Å². The lowest BCUT2D eigenvalue weighted by Crippen LogP contribution is -2.32. The number of nitrogens with zero attached hydrogens (tertiary/aromatic N) is 1. The molecule has 0 aliphatic carbocycles. The minimum Gasteiger partial charge on any atom is -0.497 e. The maximum absolute atomic E-state index is 12.4. The van der Waals surface area contributed by atoms with Gasteiger partial charge in [0, 0.05) is 25.9 Å². The zero-order chi connectivity index (χ0) is 16.1. The minimum atomic E-state index is -0.853. The quantitative estimate of drug-likeness (QED) is 0.907. The van der Waals surface area contributed by atoms with Crippen molar-refractivity contribution in [2.45, 2.75) is 39.2 Å². The van der Waals surface area contributed by atoms with Crippen LogP contribution < -0.4 is 4.74 Å². The summed E-state index contributed by atoms with van der Waals surface area (Å²) in [6.07, 6.45) is 2.17. The molecule has 1 aromatic rings. The number of aliphatic carboxylic acids is 1. The zero-order valence-electron chi connectivity index (χ0n) is 13.2. The summed E-state index contributed by atoms with van der Waals surface area (Å²) in [5.41, 5.74) is 2.38. The highest BCUT2D eigenvalue weighted by molar-refractivity contribution is 5.77. The second-order valence-corrected chi connectivity index (χ2v) is 5.96. The van der Waals surface area contributed by atoms with E-state index in [9.17, 15) is 9.59 Å². The van der Waals surface area contributed by atoms with Crippen molar-refractivity contribution >= 4 is 11.9 Å². The number of carbonyl (C=O) groups is 2. The fraction of sp³-hybridized carbons (Fsp3) is 0.529. The van der Waals surface area contributed by atoms with E-state index < -0.39 is 5.97 Å². The number of ether oxygens (including phenoxy) is 1. The molecule has 1 N–H and O–H groups in total. The normalized spacial score (nSPS) is 15.6. The van der Waals surface area contributed by atoms with E-state index in [1.807, 2.05) is 30.0 Å². The molecule has 1 atom stereocenters. The van der Waals surface area contributed by atoms with Crippen LogP contribution in [0.5, 0.6) is 5.75 Å². The SMILES string of the molecule is COc1ccc2c(c1)CCCN(C(=O)CC(C)CC(=O)O)C2. The van der Waals surface area contributed by atoms with Crippen LogP contribution >= 0.6 is 0 Å². The van der Waals surface area contributed by atoms with Gasteiger partial charge in [-0.2, -0.15) is 0 Å². The fourth-order valence-electron chi connectivity index (χ4n) is 2.87. The summed E-state index contributed by atoms with van der Waals surface area (Å²) in [7, 11) is 1.65. The Morgan fingerprint density at radius 1 is 1.32 bits per heavy atom. The van der Waals surface area contributed by atoms with Gasteiger partial charge in [0.15, 0.2) is 0 Å². The first kappa shape index (κ1) is 16.3. The first-order chi connectivity index (χ1) is 10.5. The molecule has 2 rings (SSSR count). The first-order valence-corrected chi connectivity index (χ1v) is 7.65. The summed E-state index contributed by atoms with van der Waals surface area (Å²) >= 11 is 0. The van der Waals surface area contributed by atoms with Crippen LogP contribution in [0, 0.1) is 5.92 Å². The molecule has 1 aliphatic heterocycles. The van der Waals surface area contributed by atoms with E-state index in [4.69, 9.17) is 9.84 Å². The van der Waals surface area contributed by atoms with E-state index in [1.165, 1.54) is 5.56 Å². The average Bonchev–Trinajstić information content (AvgIpc) is 2.67. The summed E-state index contributed by atoms with van der Waals surface area (Å²) in [6.45, 7) is 3.12. The molecule has 5 heteroatoms. The minimum absolute atomic E-state index is 0.0351. The number of carboxylic acids is 1. The largest absolute Gasteiger partial charge is 0.497 e. The summed E-state index contributed by atoms with van der Waals surface area (Å²) in [5.74, 6) is -0.108. The molecule has 5 nitrogen and oxygen atoms in total. The van der Waals surface area contributed by atoms with Crippen LogP contribution in [-0.4, -0.2) is 35.5 Å². The van der Waals surface area contributed by atoms with Gasteiger partial charge in [-0.3, -0.25) is 9.59 Å². The zero-order valence-corrected chi connectivity index (χ0v) is 13.2. The van der Waals surface area contributed by atoms with Crippen molar-refractivity contribution in [1.82, 2.24) is 4.90 Å². The van der Waals surface area contributed by atoms with E-state index in [0.29, 0.717) is 6.54 Å². The van der Waals surface area contributed by atoms with Gasteiger partial charge in [0.05, 0.1) is 7.11 Å². The smallest absolute Gasteiger partial charge is 0.303 e. The predicted molar refractivity (Wildman–Crippen MR) is 82.8 cm³/mol. The third kappa shape index (κ3) is 4.23. The van der Waals surface area contributed by atoms with Gasteiger partial charge >= 0.3 is 5.97 Å². The lowest BCUT2D eigenvalue weighted by atomic mass is 10.0. The summed E-state index contributed by atoms with van der Waals surface area (Å²) in [5, 5.41) is 8.79. The highest BCUT2D eigenvalue weighted by Crippen LogP contribution is 2.24. The van der Waals surface area contributed by atoms with Crippen molar-refractivity contribution in [3.63, 3.8) is 0 Å². The topological polar surface area (TPSA) is 66.8 Å². The van der Waals surface area contributed by atoms with E-state index >= 15 is 0 Å². The number of carbonyl (C=O) groups excluding carboxylic acids is 1. The van der Waals surface area contributed by atoms with Gasteiger partial charge in [0.2, 0.25) is 5.91 Å². The molecule has 1 aliphatic rings. The monoisotopic (exact) mass is 305 g/mol. The standard InChI is InChI=1S/C17H23NO4/c1-12(9-17(20)21)8-16(19)18-7-3-4-13-10-15(22-2)6-5-14(13)11-18/h5-6,10,12H,3-4,7-9,11H2,1-2H3,(H,20,21). The maximum atomic E-state index is 12.4. The molecule has 0 fully saturated rings. The van der Waals surface area contributed by atoms with Crippen LogP contribution in [0.1, 0.15) is 37.3 Å². The van der Waals surface area contributed by atoms with Gasteiger partial charge in [-0.05, 0) is 42.0 Å². The molecule has 0 saturated heterocycles. The molecule has 1 aromatic carbocycles. The molecule has 1 unspecified atom stereocenters. The molecule has 120 valence electrons. The van der Waals surface area contributed by atoms with Crippen molar-refractivity contribution in [1.29, 1.82) is 0 Å². The Morgan fingerprint density at radius 3 is 2.77 bits per heavy atom. The third-order valence-electron chi connectivity index (χ3n) is 4.05. The number of carboxylic acid groups (broad SMARTS) is 1. The maximum Gasteiger partial charge on any atom is 0.303 e. The Balaban J connectivity index is 2.03. The van der Waals surface area contributed by atoms with E-state index in [-0.39, 0.29) is 24.7 Å². The van der Waals surface area contributed by atoms with Gasteiger partial charge in [-0.1, -0.05) is 13.0 Å². The lowest BCUT2D eigenvalue weighted by molar-refractivity contribution is -0.138. The van der Waals surface area contributed by atoms with Crippen molar-refractivity contribution in [2.24, 2.45) is 5.92 Å². The van der Waals surface area contributed by atoms with E-state index in [1.54, 1.807) is 7.11 Å². The molecular weight excluding hydrogens is 282 g/mol. The van der Waals surface area contributed by atoms with Crippen molar-refractivity contribution in [3.8, 4) is 5.75 Å². The van der Waals surface area contributed by atoms with Gasteiger partial charge in [0.25, 0.3) is 0 Å². The molecule has 0 bridgehead atoms. The van der Waals surface area contributed by atoms with Crippen LogP contribution in [0.4, 0.5) is 0 Å². The Hall–Kier alpha value is -2.04.